The van der Waals surface area contributed by atoms with Crippen LogP contribution in [0.15, 0.2) is 0 Å². The van der Waals surface area contributed by atoms with Crippen LogP contribution in [-0.4, -0.2) is 18.5 Å². The van der Waals surface area contributed by atoms with Gasteiger partial charge in [-0.15, -0.1) is 0 Å². The molecule has 0 atom stereocenters. The van der Waals surface area contributed by atoms with Gasteiger partial charge >= 0.3 is 0 Å². The molecule has 70 valence electrons. The molecule has 1 fully saturated rings. The molecule has 0 aromatic heterocycles. The molecular formula is C10H18O2. The summed E-state index contributed by atoms with van der Waals surface area (Å²) in [6.07, 6.45) is 2.26. The highest BCUT2D eigenvalue weighted by atomic mass is 16.5. The minimum Gasteiger partial charge on any atom is -0.378 e. The summed E-state index contributed by atoms with van der Waals surface area (Å²) in [5, 5.41) is 0. The molecule has 0 aromatic rings. The summed E-state index contributed by atoms with van der Waals surface area (Å²) in [5.74, 6) is 1.21. The Morgan fingerprint density at radius 1 is 1.50 bits per heavy atom. The lowest BCUT2D eigenvalue weighted by atomic mass is 9.80. The molecule has 1 rings (SSSR count). The first kappa shape index (κ1) is 9.72. The lowest BCUT2D eigenvalue weighted by Crippen LogP contribution is -2.36. The van der Waals surface area contributed by atoms with E-state index >= 15 is 0 Å². The zero-order valence-electron chi connectivity index (χ0n) is 8.17. The Labute approximate surface area is 74.3 Å². The molecule has 0 bridgehead atoms. The Bertz CT molecular complexity index is 157. The highest BCUT2D eigenvalue weighted by Crippen LogP contribution is 2.30. The van der Waals surface area contributed by atoms with Gasteiger partial charge in [-0.2, -0.15) is 0 Å². The molecule has 1 saturated carbocycles. The van der Waals surface area contributed by atoms with Crippen LogP contribution in [0.3, 0.4) is 0 Å². The number of Topliss-reactive ketones (excluding diaryl/α,β-unsaturated/α-hetero) is 1. The quantitative estimate of drug-likeness (QED) is 0.645. The SMILES string of the molecule is CC(=O)C1CC(OCC(C)C)C1. The number of carbonyl (C=O) groups is 1. The van der Waals surface area contributed by atoms with Gasteiger partial charge in [0, 0.05) is 12.5 Å². The fourth-order valence-electron chi connectivity index (χ4n) is 1.36. The lowest BCUT2D eigenvalue weighted by molar-refractivity contribution is -0.130. The van der Waals surface area contributed by atoms with Gasteiger partial charge in [-0.25, -0.2) is 0 Å². The van der Waals surface area contributed by atoms with Crippen molar-refractivity contribution in [2.24, 2.45) is 11.8 Å². The standard InChI is InChI=1S/C10H18O2/c1-7(2)6-12-10-4-9(5-10)8(3)11/h7,9-10H,4-6H2,1-3H3. The van der Waals surface area contributed by atoms with Crippen LogP contribution in [0.4, 0.5) is 0 Å². The Morgan fingerprint density at radius 3 is 2.50 bits per heavy atom. The van der Waals surface area contributed by atoms with E-state index in [9.17, 15) is 4.79 Å². The van der Waals surface area contributed by atoms with Crippen LogP contribution in [-0.2, 0) is 9.53 Å². The Morgan fingerprint density at radius 2 is 2.08 bits per heavy atom. The van der Waals surface area contributed by atoms with Gasteiger partial charge in [0.05, 0.1) is 6.10 Å². The molecule has 0 amide bonds. The van der Waals surface area contributed by atoms with Crippen LogP contribution >= 0.6 is 0 Å². The van der Waals surface area contributed by atoms with Crippen molar-refractivity contribution in [3.8, 4) is 0 Å². The van der Waals surface area contributed by atoms with E-state index in [1.54, 1.807) is 6.92 Å². The molecule has 2 heteroatoms. The monoisotopic (exact) mass is 170 g/mol. The molecule has 0 aliphatic heterocycles. The van der Waals surface area contributed by atoms with Crippen LogP contribution < -0.4 is 0 Å². The van der Waals surface area contributed by atoms with E-state index in [0.29, 0.717) is 23.7 Å². The molecule has 0 N–H and O–H groups in total. The topological polar surface area (TPSA) is 26.3 Å². The van der Waals surface area contributed by atoms with Gasteiger partial charge in [0.15, 0.2) is 0 Å². The van der Waals surface area contributed by atoms with E-state index < -0.39 is 0 Å². The van der Waals surface area contributed by atoms with Gasteiger partial charge in [0.2, 0.25) is 0 Å². The van der Waals surface area contributed by atoms with Crippen LogP contribution in [0.25, 0.3) is 0 Å². The first-order chi connectivity index (χ1) is 5.59. The maximum Gasteiger partial charge on any atom is 0.133 e. The summed E-state index contributed by atoms with van der Waals surface area (Å²) in [5.41, 5.74) is 0. The van der Waals surface area contributed by atoms with Gasteiger partial charge in [-0.3, -0.25) is 4.79 Å². The van der Waals surface area contributed by atoms with Gasteiger partial charge < -0.3 is 4.74 Å². The highest BCUT2D eigenvalue weighted by molar-refractivity contribution is 5.79. The minimum absolute atomic E-state index is 0.294. The van der Waals surface area contributed by atoms with Gasteiger partial charge in [-0.1, -0.05) is 13.8 Å². The molecular weight excluding hydrogens is 152 g/mol. The molecule has 0 spiro atoms. The third-order valence-electron chi connectivity index (χ3n) is 2.33. The van der Waals surface area contributed by atoms with Crippen LogP contribution in [0.1, 0.15) is 33.6 Å². The second-order valence-corrected chi connectivity index (χ2v) is 4.13. The fourth-order valence-corrected chi connectivity index (χ4v) is 1.36. The van der Waals surface area contributed by atoms with E-state index in [2.05, 4.69) is 13.8 Å². The Balaban J connectivity index is 2.06. The van der Waals surface area contributed by atoms with Crippen LogP contribution in [0.5, 0.6) is 0 Å². The molecule has 0 saturated heterocycles. The summed E-state index contributed by atoms with van der Waals surface area (Å²) in [6.45, 7) is 6.78. The summed E-state index contributed by atoms with van der Waals surface area (Å²) in [6, 6.07) is 0. The smallest absolute Gasteiger partial charge is 0.133 e. The average molecular weight is 170 g/mol. The molecule has 0 radical (unpaired) electrons. The normalized spacial score (nSPS) is 28.7. The van der Waals surface area contributed by atoms with Crippen molar-refractivity contribution in [2.45, 2.75) is 39.7 Å². The van der Waals surface area contributed by atoms with Crippen molar-refractivity contribution < 1.29 is 9.53 Å². The van der Waals surface area contributed by atoms with Gasteiger partial charge in [-0.05, 0) is 25.7 Å². The largest absolute Gasteiger partial charge is 0.378 e. The first-order valence-corrected chi connectivity index (χ1v) is 4.71. The van der Waals surface area contributed by atoms with Crippen molar-refractivity contribution >= 4 is 5.78 Å². The highest BCUT2D eigenvalue weighted by Gasteiger charge is 2.32. The van der Waals surface area contributed by atoms with E-state index in [4.69, 9.17) is 4.74 Å². The summed E-state index contributed by atoms with van der Waals surface area (Å²) in [4.78, 5) is 10.9. The van der Waals surface area contributed by atoms with Crippen LogP contribution in [0.2, 0.25) is 0 Å². The molecule has 1 aliphatic rings. The second kappa shape index (κ2) is 4.04. The number of ketones is 1. The van der Waals surface area contributed by atoms with E-state index in [-0.39, 0.29) is 0 Å². The van der Waals surface area contributed by atoms with Crippen molar-refractivity contribution in [3.05, 3.63) is 0 Å². The van der Waals surface area contributed by atoms with Crippen LogP contribution in [0, 0.1) is 11.8 Å². The molecule has 2 nitrogen and oxygen atoms in total. The molecule has 0 heterocycles. The van der Waals surface area contributed by atoms with E-state index in [0.717, 1.165) is 19.4 Å². The molecule has 0 aromatic carbocycles. The van der Waals surface area contributed by atoms with Crippen molar-refractivity contribution in [3.63, 3.8) is 0 Å². The Kier molecular flexibility index (Phi) is 3.27. The predicted octanol–water partition coefficient (Wildman–Crippen LogP) is 2.03. The summed E-state index contributed by atoms with van der Waals surface area (Å²) >= 11 is 0. The maximum atomic E-state index is 10.9. The zero-order valence-corrected chi connectivity index (χ0v) is 8.17. The number of hydrogen-bond donors (Lipinski definition) is 0. The van der Waals surface area contributed by atoms with E-state index in [1.165, 1.54) is 0 Å². The van der Waals surface area contributed by atoms with E-state index in [1.807, 2.05) is 0 Å². The molecule has 1 aliphatic carbocycles. The minimum atomic E-state index is 0.294. The van der Waals surface area contributed by atoms with Gasteiger partial charge in [0.25, 0.3) is 0 Å². The average Bonchev–Trinajstić information content (AvgIpc) is 1.82. The van der Waals surface area contributed by atoms with Crippen molar-refractivity contribution in [2.75, 3.05) is 6.61 Å². The molecule has 0 unspecified atom stereocenters. The predicted molar refractivity (Wildman–Crippen MR) is 48.0 cm³/mol. The summed E-state index contributed by atoms with van der Waals surface area (Å²) < 4.78 is 5.57. The third-order valence-corrected chi connectivity index (χ3v) is 2.33. The molecule has 12 heavy (non-hydrogen) atoms. The Hall–Kier alpha value is -0.370. The summed E-state index contributed by atoms with van der Waals surface area (Å²) in [7, 11) is 0. The fraction of sp³-hybridized carbons (Fsp3) is 0.900. The number of hydrogen-bond acceptors (Lipinski definition) is 2. The zero-order chi connectivity index (χ0) is 9.14. The first-order valence-electron chi connectivity index (χ1n) is 4.71. The number of ether oxygens (including phenoxy) is 1. The van der Waals surface area contributed by atoms with Crippen molar-refractivity contribution in [1.82, 2.24) is 0 Å². The maximum absolute atomic E-state index is 10.9. The van der Waals surface area contributed by atoms with Gasteiger partial charge in [0.1, 0.15) is 5.78 Å². The second-order valence-electron chi connectivity index (χ2n) is 4.13. The number of carbonyl (C=O) groups excluding carboxylic acids is 1. The van der Waals surface area contributed by atoms with Crippen molar-refractivity contribution in [1.29, 1.82) is 0 Å². The lowest BCUT2D eigenvalue weighted by Gasteiger charge is -2.33. The third kappa shape index (κ3) is 2.59. The number of rotatable bonds is 4.